The first-order valence-corrected chi connectivity index (χ1v) is 6.51. The summed E-state index contributed by atoms with van der Waals surface area (Å²) in [4.78, 5) is 6.72. The van der Waals surface area contributed by atoms with E-state index in [9.17, 15) is 0 Å². The summed E-state index contributed by atoms with van der Waals surface area (Å²) in [6.07, 6.45) is 0. The highest BCUT2D eigenvalue weighted by molar-refractivity contribution is 6.30. The van der Waals surface area contributed by atoms with Crippen molar-refractivity contribution in [2.75, 3.05) is 31.2 Å². The number of anilines is 1. The van der Waals surface area contributed by atoms with E-state index in [1.54, 1.807) is 0 Å². The molecule has 0 bridgehead atoms. The molecule has 1 aromatic heterocycles. The van der Waals surface area contributed by atoms with Gasteiger partial charge in [0.2, 0.25) is 0 Å². The maximum Gasteiger partial charge on any atom is 0.132 e. The first-order chi connectivity index (χ1) is 8.74. The maximum atomic E-state index is 6.04. The third-order valence-electron chi connectivity index (χ3n) is 3.30. The Morgan fingerprint density at radius 3 is 2.78 bits per heavy atom. The highest BCUT2D eigenvalue weighted by Gasteiger charge is 2.12. The molecule has 94 valence electrons. The highest BCUT2D eigenvalue weighted by atomic mass is 35.5. The topological polar surface area (TPSA) is 25.4 Å². The molecule has 18 heavy (non-hydrogen) atoms. The molecule has 0 aliphatic carbocycles. The Morgan fingerprint density at radius 2 is 2.00 bits per heavy atom. The largest absolute Gasteiger partial charge is 0.378 e. The number of pyridine rings is 1. The van der Waals surface area contributed by atoms with E-state index in [1.165, 1.54) is 5.69 Å². The number of benzene rings is 1. The molecule has 1 aliphatic heterocycles. The predicted molar refractivity (Wildman–Crippen MR) is 74.5 cm³/mol. The summed E-state index contributed by atoms with van der Waals surface area (Å²) in [5.41, 5.74) is 3.19. The van der Waals surface area contributed by atoms with Crippen LogP contribution < -0.4 is 4.90 Å². The lowest BCUT2D eigenvalue weighted by molar-refractivity contribution is 0.122. The zero-order valence-electron chi connectivity index (χ0n) is 10.3. The number of rotatable bonds is 1. The molecule has 2 heterocycles. The van der Waals surface area contributed by atoms with Crippen LogP contribution in [0.15, 0.2) is 24.3 Å². The van der Waals surface area contributed by atoms with Crippen LogP contribution in [0.1, 0.15) is 5.56 Å². The monoisotopic (exact) mass is 262 g/mol. The Kier molecular flexibility index (Phi) is 3.10. The molecule has 0 spiro atoms. The summed E-state index contributed by atoms with van der Waals surface area (Å²) in [7, 11) is 0. The van der Waals surface area contributed by atoms with Crippen LogP contribution in [0.3, 0.4) is 0 Å². The molecule has 0 unspecified atom stereocenters. The quantitative estimate of drug-likeness (QED) is 0.739. The van der Waals surface area contributed by atoms with Crippen LogP contribution in [-0.4, -0.2) is 31.3 Å². The van der Waals surface area contributed by atoms with E-state index in [0.717, 1.165) is 42.8 Å². The molecule has 0 N–H and O–H groups in total. The van der Waals surface area contributed by atoms with E-state index in [0.29, 0.717) is 5.15 Å². The van der Waals surface area contributed by atoms with Gasteiger partial charge in [0.15, 0.2) is 0 Å². The lowest BCUT2D eigenvalue weighted by Gasteiger charge is -2.29. The molecule has 3 nitrogen and oxygen atoms in total. The molecule has 2 aromatic rings. The van der Waals surface area contributed by atoms with Crippen LogP contribution in [0.4, 0.5) is 5.69 Å². The minimum atomic E-state index is 0.585. The fraction of sp³-hybridized carbons (Fsp3) is 0.357. The zero-order chi connectivity index (χ0) is 12.5. The number of hydrogen-bond acceptors (Lipinski definition) is 3. The Labute approximate surface area is 111 Å². The van der Waals surface area contributed by atoms with Crippen LogP contribution in [0.25, 0.3) is 10.9 Å². The lowest BCUT2D eigenvalue weighted by Crippen LogP contribution is -2.36. The molecule has 1 aromatic carbocycles. The minimum Gasteiger partial charge on any atom is -0.378 e. The fourth-order valence-electron chi connectivity index (χ4n) is 2.26. The molecule has 0 amide bonds. The summed E-state index contributed by atoms with van der Waals surface area (Å²) in [6.45, 7) is 5.49. The number of fused-ring (bicyclic) bond motifs is 1. The number of halogens is 1. The molecule has 1 saturated heterocycles. The Bertz CT molecular complexity index is 579. The van der Waals surface area contributed by atoms with Crippen molar-refractivity contribution >= 4 is 28.2 Å². The average molecular weight is 263 g/mol. The van der Waals surface area contributed by atoms with Gasteiger partial charge in [0.05, 0.1) is 18.7 Å². The zero-order valence-corrected chi connectivity index (χ0v) is 11.1. The second kappa shape index (κ2) is 4.75. The van der Waals surface area contributed by atoms with Crippen LogP contribution in [0.5, 0.6) is 0 Å². The third-order valence-corrected chi connectivity index (χ3v) is 3.69. The van der Waals surface area contributed by atoms with Gasteiger partial charge in [-0.2, -0.15) is 0 Å². The molecular weight excluding hydrogens is 248 g/mol. The third kappa shape index (κ3) is 2.16. The van der Waals surface area contributed by atoms with Crippen molar-refractivity contribution in [3.05, 3.63) is 35.0 Å². The number of morpholine rings is 1. The highest BCUT2D eigenvalue weighted by Crippen LogP contribution is 2.25. The van der Waals surface area contributed by atoms with Gasteiger partial charge >= 0.3 is 0 Å². The Morgan fingerprint density at radius 1 is 1.22 bits per heavy atom. The van der Waals surface area contributed by atoms with E-state index < -0.39 is 0 Å². The van der Waals surface area contributed by atoms with Gasteiger partial charge in [0.1, 0.15) is 5.15 Å². The predicted octanol–water partition coefficient (Wildman–Crippen LogP) is 3.03. The van der Waals surface area contributed by atoms with E-state index in [-0.39, 0.29) is 0 Å². The van der Waals surface area contributed by atoms with Crippen molar-refractivity contribution in [2.24, 2.45) is 0 Å². The number of ether oxygens (including phenoxy) is 1. The molecule has 0 saturated carbocycles. The van der Waals surface area contributed by atoms with Gasteiger partial charge < -0.3 is 9.64 Å². The van der Waals surface area contributed by atoms with Crippen LogP contribution in [0.2, 0.25) is 5.15 Å². The van der Waals surface area contributed by atoms with Crippen molar-refractivity contribution in [2.45, 2.75) is 6.92 Å². The normalized spacial score (nSPS) is 16.2. The standard InChI is InChI=1S/C14H15ClN2O/c1-10-8-11-9-12(17-4-6-18-7-5-17)2-3-13(11)16-14(10)15/h2-3,8-9H,4-7H2,1H3. The van der Waals surface area contributed by atoms with Gasteiger partial charge in [-0.25, -0.2) is 4.98 Å². The molecule has 0 atom stereocenters. The smallest absolute Gasteiger partial charge is 0.132 e. The van der Waals surface area contributed by atoms with Crippen LogP contribution >= 0.6 is 11.6 Å². The number of nitrogens with zero attached hydrogens (tertiary/aromatic N) is 2. The van der Waals surface area contributed by atoms with Gasteiger partial charge in [-0.3, -0.25) is 0 Å². The lowest BCUT2D eigenvalue weighted by atomic mass is 10.1. The molecule has 1 fully saturated rings. The molecule has 1 aliphatic rings. The Hall–Kier alpha value is -1.32. The fourth-order valence-corrected chi connectivity index (χ4v) is 2.41. The summed E-state index contributed by atoms with van der Waals surface area (Å²) >= 11 is 6.04. The molecule has 4 heteroatoms. The van der Waals surface area contributed by atoms with E-state index >= 15 is 0 Å². The number of aromatic nitrogens is 1. The van der Waals surface area contributed by atoms with E-state index in [2.05, 4.69) is 28.1 Å². The number of hydrogen-bond donors (Lipinski definition) is 0. The van der Waals surface area contributed by atoms with Gasteiger partial charge in [0.25, 0.3) is 0 Å². The molecule has 0 radical (unpaired) electrons. The molecule has 3 rings (SSSR count). The summed E-state index contributed by atoms with van der Waals surface area (Å²) < 4.78 is 5.37. The van der Waals surface area contributed by atoms with Gasteiger partial charge in [-0.15, -0.1) is 0 Å². The number of aryl methyl sites for hydroxylation is 1. The van der Waals surface area contributed by atoms with Crippen LogP contribution in [-0.2, 0) is 4.74 Å². The second-order valence-corrected chi connectivity index (χ2v) is 4.93. The first-order valence-electron chi connectivity index (χ1n) is 6.13. The van der Waals surface area contributed by atoms with Crippen molar-refractivity contribution in [3.8, 4) is 0 Å². The molecular formula is C14H15ClN2O. The maximum absolute atomic E-state index is 6.04. The van der Waals surface area contributed by atoms with E-state index in [1.807, 2.05) is 13.0 Å². The minimum absolute atomic E-state index is 0.585. The van der Waals surface area contributed by atoms with Crippen molar-refractivity contribution in [1.29, 1.82) is 0 Å². The summed E-state index contributed by atoms with van der Waals surface area (Å²) in [6, 6.07) is 8.41. The van der Waals surface area contributed by atoms with Gasteiger partial charge in [0, 0.05) is 24.2 Å². The Balaban J connectivity index is 2.02. The summed E-state index contributed by atoms with van der Waals surface area (Å²) in [5.74, 6) is 0. The van der Waals surface area contributed by atoms with Gasteiger partial charge in [-0.1, -0.05) is 11.6 Å². The average Bonchev–Trinajstić information content (AvgIpc) is 2.41. The van der Waals surface area contributed by atoms with Crippen molar-refractivity contribution in [3.63, 3.8) is 0 Å². The van der Waals surface area contributed by atoms with Crippen molar-refractivity contribution < 1.29 is 4.74 Å². The summed E-state index contributed by atoms with van der Waals surface area (Å²) in [5, 5.41) is 1.72. The SMILES string of the molecule is Cc1cc2cc(N3CCOCC3)ccc2nc1Cl. The van der Waals surface area contributed by atoms with Crippen molar-refractivity contribution in [1.82, 2.24) is 4.98 Å². The van der Waals surface area contributed by atoms with E-state index in [4.69, 9.17) is 16.3 Å². The van der Waals surface area contributed by atoms with Gasteiger partial charge in [-0.05, 0) is 36.8 Å². The first kappa shape index (κ1) is 11.8. The van der Waals surface area contributed by atoms with Crippen LogP contribution in [0, 0.1) is 6.92 Å². The second-order valence-electron chi connectivity index (χ2n) is 4.57.